The molecule has 0 spiro atoms. The van der Waals surface area contributed by atoms with E-state index in [1.807, 2.05) is 0 Å². The number of rotatable bonds is 1. The van der Waals surface area contributed by atoms with E-state index in [1.54, 1.807) is 18.2 Å². The number of carboxylic acids is 1. The lowest BCUT2D eigenvalue weighted by molar-refractivity contribution is -0.312. The lowest BCUT2D eigenvalue weighted by Crippen LogP contribution is -2.38. The Morgan fingerprint density at radius 1 is 1.57 bits per heavy atom. The van der Waals surface area contributed by atoms with Crippen molar-refractivity contribution in [2.75, 3.05) is 6.61 Å². The zero-order chi connectivity index (χ0) is 10.1. The van der Waals surface area contributed by atoms with E-state index < -0.39 is 11.9 Å². The highest BCUT2D eigenvalue weighted by atomic mass is 35.5. The van der Waals surface area contributed by atoms with Gasteiger partial charge in [0.05, 0.1) is 6.61 Å². The van der Waals surface area contributed by atoms with Crippen LogP contribution in [0.5, 0.6) is 5.75 Å². The van der Waals surface area contributed by atoms with Crippen LogP contribution in [0.25, 0.3) is 0 Å². The summed E-state index contributed by atoms with van der Waals surface area (Å²) in [6.45, 7) is 0.178. The van der Waals surface area contributed by atoms with Crippen molar-refractivity contribution in [2.45, 2.75) is 6.42 Å². The van der Waals surface area contributed by atoms with Gasteiger partial charge < -0.3 is 14.6 Å². The number of carbonyl (C=O) groups is 1. The molecule has 0 N–H and O–H groups in total. The average Bonchev–Trinajstić information content (AvgIpc) is 2.16. The zero-order valence-electron chi connectivity index (χ0n) is 7.33. The summed E-state index contributed by atoms with van der Waals surface area (Å²) >= 11 is 5.79. The number of carboxylic acid groups (broad SMARTS) is 1. The van der Waals surface area contributed by atoms with E-state index in [0.29, 0.717) is 17.2 Å². The van der Waals surface area contributed by atoms with Crippen LogP contribution in [0.4, 0.5) is 0 Å². The fraction of sp³-hybridized carbons (Fsp3) is 0.300. The summed E-state index contributed by atoms with van der Waals surface area (Å²) in [6, 6.07) is 5.20. The highest BCUT2D eigenvalue weighted by Gasteiger charge is 2.20. The third-order valence-electron chi connectivity index (χ3n) is 2.26. The van der Waals surface area contributed by atoms with Crippen LogP contribution in [0.2, 0.25) is 5.02 Å². The summed E-state index contributed by atoms with van der Waals surface area (Å²) in [7, 11) is 0. The maximum Gasteiger partial charge on any atom is 0.122 e. The van der Waals surface area contributed by atoms with Gasteiger partial charge in [0.1, 0.15) is 5.75 Å². The summed E-state index contributed by atoms with van der Waals surface area (Å²) in [4.78, 5) is 10.6. The molecule has 0 bridgehead atoms. The molecule has 74 valence electrons. The van der Waals surface area contributed by atoms with Crippen LogP contribution in [0, 0.1) is 5.92 Å². The molecule has 3 nitrogen and oxygen atoms in total. The molecule has 0 amide bonds. The number of hydrogen-bond acceptors (Lipinski definition) is 3. The van der Waals surface area contributed by atoms with Crippen molar-refractivity contribution in [1.29, 1.82) is 0 Å². The van der Waals surface area contributed by atoms with E-state index >= 15 is 0 Å². The molecule has 0 aliphatic carbocycles. The summed E-state index contributed by atoms with van der Waals surface area (Å²) < 4.78 is 5.27. The van der Waals surface area contributed by atoms with Gasteiger partial charge in [-0.2, -0.15) is 0 Å². The molecule has 0 radical (unpaired) electrons. The quantitative estimate of drug-likeness (QED) is 0.685. The number of carbonyl (C=O) groups excluding carboxylic acids is 1. The minimum absolute atomic E-state index is 0.178. The van der Waals surface area contributed by atoms with Crippen LogP contribution in [-0.2, 0) is 11.2 Å². The molecule has 0 fully saturated rings. The van der Waals surface area contributed by atoms with Crippen LogP contribution < -0.4 is 9.84 Å². The third-order valence-corrected chi connectivity index (χ3v) is 2.50. The second-order valence-corrected chi connectivity index (χ2v) is 3.72. The summed E-state index contributed by atoms with van der Waals surface area (Å²) in [5, 5.41) is 11.2. The van der Waals surface area contributed by atoms with Gasteiger partial charge in [-0.15, -0.1) is 0 Å². The fourth-order valence-electron chi connectivity index (χ4n) is 1.51. The monoisotopic (exact) mass is 211 g/mol. The molecule has 2 rings (SSSR count). The van der Waals surface area contributed by atoms with E-state index in [0.717, 1.165) is 5.56 Å². The summed E-state index contributed by atoms with van der Waals surface area (Å²) in [5.41, 5.74) is 0.831. The Bertz CT molecular complexity index is 376. The highest BCUT2D eigenvalue weighted by molar-refractivity contribution is 6.30. The van der Waals surface area contributed by atoms with Gasteiger partial charge in [-0.1, -0.05) is 11.6 Å². The molecule has 4 heteroatoms. The normalized spacial score (nSPS) is 19.6. The zero-order valence-corrected chi connectivity index (χ0v) is 8.08. The molecule has 1 aromatic rings. The number of fused-ring (bicyclic) bond motifs is 1. The van der Waals surface area contributed by atoms with Gasteiger partial charge in [0.2, 0.25) is 0 Å². The molecule has 1 aromatic carbocycles. The molecular weight excluding hydrogens is 204 g/mol. The fourth-order valence-corrected chi connectivity index (χ4v) is 1.71. The Balaban J connectivity index is 2.29. The van der Waals surface area contributed by atoms with Gasteiger partial charge >= 0.3 is 0 Å². The van der Waals surface area contributed by atoms with Gasteiger partial charge in [0, 0.05) is 16.9 Å². The van der Waals surface area contributed by atoms with E-state index in [2.05, 4.69) is 0 Å². The molecule has 1 heterocycles. The molecule has 14 heavy (non-hydrogen) atoms. The summed E-state index contributed by atoms with van der Waals surface area (Å²) in [5.74, 6) is -0.927. The SMILES string of the molecule is O=C([O-])[C@@H]1COc2ccc(Cl)cc2C1. The molecular formula is C10H8ClO3-. The number of aliphatic carboxylic acids is 1. The number of hydrogen-bond donors (Lipinski definition) is 0. The lowest BCUT2D eigenvalue weighted by Gasteiger charge is -2.25. The Morgan fingerprint density at radius 3 is 3.07 bits per heavy atom. The first-order valence-corrected chi connectivity index (χ1v) is 4.66. The van der Waals surface area contributed by atoms with Gasteiger partial charge in [0.25, 0.3) is 0 Å². The van der Waals surface area contributed by atoms with Crippen LogP contribution in [0.3, 0.4) is 0 Å². The number of halogens is 1. The van der Waals surface area contributed by atoms with Crippen LogP contribution in [-0.4, -0.2) is 12.6 Å². The van der Waals surface area contributed by atoms with E-state index in [-0.39, 0.29) is 6.61 Å². The topological polar surface area (TPSA) is 49.4 Å². The van der Waals surface area contributed by atoms with Crippen molar-refractivity contribution < 1.29 is 14.6 Å². The van der Waals surface area contributed by atoms with Crippen LogP contribution in [0.15, 0.2) is 18.2 Å². The number of benzene rings is 1. The van der Waals surface area contributed by atoms with E-state index in [4.69, 9.17) is 16.3 Å². The van der Waals surface area contributed by atoms with Crippen molar-refractivity contribution in [3.05, 3.63) is 28.8 Å². The maximum atomic E-state index is 10.6. The molecule has 0 saturated heterocycles. The maximum absolute atomic E-state index is 10.6. The highest BCUT2D eigenvalue weighted by Crippen LogP contribution is 2.29. The Morgan fingerprint density at radius 2 is 2.36 bits per heavy atom. The smallest absolute Gasteiger partial charge is 0.122 e. The minimum Gasteiger partial charge on any atom is -0.550 e. The van der Waals surface area contributed by atoms with E-state index in [1.165, 1.54) is 0 Å². The van der Waals surface area contributed by atoms with Crippen molar-refractivity contribution in [3.8, 4) is 5.75 Å². The third kappa shape index (κ3) is 1.68. The molecule has 1 aliphatic heterocycles. The first-order chi connectivity index (χ1) is 6.66. The first kappa shape index (κ1) is 9.34. The number of ether oxygens (including phenoxy) is 1. The van der Waals surface area contributed by atoms with Crippen molar-refractivity contribution >= 4 is 17.6 Å². The second-order valence-electron chi connectivity index (χ2n) is 3.28. The van der Waals surface area contributed by atoms with Crippen molar-refractivity contribution in [3.63, 3.8) is 0 Å². The standard InChI is InChI=1S/C10H9ClO3/c11-8-1-2-9-6(4-8)3-7(5-14-9)10(12)13/h1-2,4,7H,3,5H2,(H,12,13)/p-1/t7-/m0/s1. The van der Waals surface area contributed by atoms with Crippen LogP contribution in [0.1, 0.15) is 5.56 Å². The molecule has 0 aromatic heterocycles. The predicted octanol–water partition coefficient (Wildman–Crippen LogP) is 0.641. The van der Waals surface area contributed by atoms with Gasteiger partial charge in [-0.3, -0.25) is 0 Å². The first-order valence-electron chi connectivity index (χ1n) is 4.29. The molecule has 0 unspecified atom stereocenters. The van der Waals surface area contributed by atoms with Gasteiger partial charge in [0.15, 0.2) is 0 Å². The Hall–Kier alpha value is -1.22. The Kier molecular flexibility index (Phi) is 2.33. The molecule has 0 saturated carbocycles. The average molecular weight is 212 g/mol. The van der Waals surface area contributed by atoms with E-state index in [9.17, 15) is 9.90 Å². The predicted molar refractivity (Wildman–Crippen MR) is 49.1 cm³/mol. The van der Waals surface area contributed by atoms with Gasteiger partial charge in [-0.05, 0) is 30.2 Å². The largest absolute Gasteiger partial charge is 0.550 e. The molecule has 1 atom stereocenters. The molecule has 1 aliphatic rings. The van der Waals surface area contributed by atoms with Crippen molar-refractivity contribution in [1.82, 2.24) is 0 Å². The minimum atomic E-state index is -1.07. The Labute approximate surface area is 86.3 Å². The van der Waals surface area contributed by atoms with Crippen molar-refractivity contribution in [2.24, 2.45) is 5.92 Å². The van der Waals surface area contributed by atoms with Gasteiger partial charge in [-0.25, -0.2) is 0 Å². The lowest BCUT2D eigenvalue weighted by atomic mass is 9.97. The summed E-state index contributed by atoms with van der Waals surface area (Å²) in [6.07, 6.45) is 0.429. The second kappa shape index (κ2) is 3.50. The van der Waals surface area contributed by atoms with Crippen LogP contribution >= 0.6 is 11.6 Å².